The van der Waals surface area contributed by atoms with Crippen LogP contribution in [0.4, 0.5) is 15.8 Å². The van der Waals surface area contributed by atoms with Crippen LogP contribution < -0.4 is 5.32 Å². The molecule has 0 atom stereocenters. The van der Waals surface area contributed by atoms with Crippen LogP contribution in [0.15, 0.2) is 12.1 Å². The maximum atomic E-state index is 13.6. The number of carbonyl (C=O) groups is 1. The molecule has 1 fully saturated rings. The van der Waals surface area contributed by atoms with Crippen molar-refractivity contribution in [3.63, 3.8) is 0 Å². The third kappa shape index (κ3) is 2.22. The Morgan fingerprint density at radius 1 is 1.33 bits per heavy atom. The minimum atomic E-state index is -1.46. The van der Waals surface area contributed by atoms with Crippen LogP contribution in [0.25, 0.3) is 0 Å². The minimum absolute atomic E-state index is 0.0300. The van der Waals surface area contributed by atoms with E-state index in [0.29, 0.717) is 6.07 Å². The minimum Gasteiger partial charge on any atom is -0.478 e. The number of nitro benzene ring substituents is 1. The van der Waals surface area contributed by atoms with Crippen molar-refractivity contribution in [2.45, 2.75) is 33.7 Å². The van der Waals surface area contributed by atoms with E-state index in [-0.39, 0.29) is 22.6 Å². The van der Waals surface area contributed by atoms with E-state index in [1.807, 2.05) is 27.7 Å². The number of halogens is 1. The molecule has 1 saturated carbocycles. The molecule has 0 saturated heterocycles. The molecular formula is C14H17FN2O4. The molecule has 0 spiro atoms. The van der Waals surface area contributed by atoms with Crippen molar-refractivity contribution in [3.05, 3.63) is 33.6 Å². The first kappa shape index (κ1) is 15.2. The van der Waals surface area contributed by atoms with Crippen molar-refractivity contribution >= 4 is 17.3 Å². The van der Waals surface area contributed by atoms with Crippen molar-refractivity contribution in [1.82, 2.24) is 0 Å². The summed E-state index contributed by atoms with van der Waals surface area (Å²) in [6.07, 6.45) is 0. The third-order valence-electron chi connectivity index (χ3n) is 4.83. The fraction of sp³-hybridized carbons (Fsp3) is 0.500. The second-order valence-corrected chi connectivity index (χ2v) is 6.43. The summed E-state index contributed by atoms with van der Waals surface area (Å²) >= 11 is 0. The molecule has 0 amide bonds. The predicted octanol–water partition coefficient (Wildman–Crippen LogP) is 3.28. The highest BCUT2D eigenvalue weighted by Crippen LogP contribution is 2.64. The fourth-order valence-corrected chi connectivity index (χ4v) is 2.71. The van der Waals surface area contributed by atoms with E-state index in [4.69, 9.17) is 5.11 Å². The van der Waals surface area contributed by atoms with E-state index in [2.05, 4.69) is 5.32 Å². The number of nitrogens with one attached hydrogen (secondary N) is 1. The van der Waals surface area contributed by atoms with Gasteiger partial charge in [-0.15, -0.1) is 0 Å². The summed E-state index contributed by atoms with van der Waals surface area (Å²) in [5.41, 5.74) is -1.21. The smallest absolute Gasteiger partial charge is 0.338 e. The first-order valence-corrected chi connectivity index (χ1v) is 6.48. The molecule has 6 nitrogen and oxygen atoms in total. The summed E-state index contributed by atoms with van der Waals surface area (Å²) in [6.45, 7) is 8.05. The van der Waals surface area contributed by atoms with Gasteiger partial charge in [0.05, 0.1) is 16.6 Å². The zero-order valence-corrected chi connectivity index (χ0v) is 12.2. The molecule has 0 radical (unpaired) electrons. The topological polar surface area (TPSA) is 92.5 Å². The van der Waals surface area contributed by atoms with Gasteiger partial charge in [0.1, 0.15) is 11.5 Å². The van der Waals surface area contributed by atoms with Crippen LogP contribution in [0.5, 0.6) is 0 Å². The zero-order valence-electron chi connectivity index (χ0n) is 12.2. The summed E-state index contributed by atoms with van der Waals surface area (Å²) in [5.74, 6) is -2.58. The van der Waals surface area contributed by atoms with Gasteiger partial charge in [0.15, 0.2) is 0 Å². The highest BCUT2D eigenvalue weighted by molar-refractivity contribution is 5.90. The Balaban J connectivity index is 2.45. The van der Waals surface area contributed by atoms with Crippen LogP contribution in [0, 0.1) is 26.8 Å². The Labute approximate surface area is 121 Å². The van der Waals surface area contributed by atoms with Crippen molar-refractivity contribution in [2.75, 3.05) is 5.32 Å². The number of hydrogen-bond donors (Lipinski definition) is 2. The number of benzene rings is 1. The van der Waals surface area contributed by atoms with Crippen molar-refractivity contribution in [1.29, 1.82) is 0 Å². The van der Waals surface area contributed by atoms with Crippen LogP contribution in [-0.4, -0.2) is 22.0 Å². The summed E-state index contributed by atoms with van der Waals surface area (Å²) in [7, 11) is 0. The standard InChI is InChI=1S/C14H17FN2O4/c1-13(2)12(14(13,3)4)16-9-5-7(11(18)19)8(15)6-10(9)17(20)21/h5-6,12,16H,1-4H3,(H,18,19). The average Bonchev–Trinajstić information content (AvgIpc) is 2.72. The van der Waals surface area contributed by atoms with Crippen molar-refractivity contribution < 1.29 is 19.2 Å². The molecule has 2 N–H and O–H groups in total. The van der Waals surface area contributed by atoms with Gasteiger partial charge in [0.25, 0.3) is 5.69 Å². The molecule has 1 aromatic carbocycles. The molecule has 0 heterocycles. The normalized spacial score (nSPS) is 19.1. The molecule has 114 valence electrons. The fourth-order valence-electron chi connectivity index (χ4n) is 2.71. The molecule has 1 aliphatic rings. The van der Waals surface area contributed by atoms with E-state index in [9.17, 15) is 19.3 Å². The Kier molecular flexibility index (Phi) is 3.19. The number of rotatable bonds is 4. The molecule has 0 unspecified atom stereocenters. The molecule has 0 aromatic heterocycles. The number of aromatic carboxylic acids is 1. The van der Waals surface area contributed by atoms with Crippen molar-refractivity contribution in [3.8, 4) is 0 Å². The number of anilines is 1. The average molecular weight is 296 g/mol. The van der Waals surface area contributed by atoms with Crippen LogP contribution in [0.1, 0.15) is 38.1 Å². The summed E-state index contributed by atoms with van der Waals surface area (Å²) in [5, 5.41) is 23.0. The van der Waals surface area contributed by atoms with Crippen LogP contribution in [0.2, 0.25) is 0 Å². The Hall–Kier alpha value is -2.18. The van der Waals surface area contributed by atoms with Gasteiger partial charge in [0, 0.05) is 6.04 Å². The van der Waals surface area contributed by atoms with E-state index in [0.717, 1.165) is 6.07 Å². The molecule has 1 aromatic rings. The summed E-state index contributed by atoms with van der Waals surface area (Å²) < 4.78 is 13.6. The lowest BCUT2D eigenvalue weighted by Gasteiger charge is -2.10. The summed E-state index contributed by atoms with van der Waals surface area (Å²) in [6, 6.07) is 1.57. The van der Waals surface area contributed by atoms with E-state index < -0.39 is 28.0 Å². The predicted molar refractivity (Wildman–Crippen MR) is 75.0 cm³/mol. The van der Waals surface area contributed by atoms with Gasteiger partial charge >= 0.3 is 5.97 Å². The quantitative estimate of drug-likeness (QED) is 0.657. The Morgan fingerprint density at radius 2 is 1.86 bits per heavy atom. The van der Waals surface area contributed by atoms with Gasteiger partial charge < -0.3 is 10.4 Å². The lowest BCUT2D eigenvalue weighted by molar-refractivity contribution is -0.384. The second kappa shape index (κ2) is 4.41. The van der Waals surface area contributed by atoms with E-state index >= 15 is 0 Å². The lowest BCUT2D eigenvalue weighted by atomic mass is 10.0. The van der Waals surface area contributed by atoms with Gasteiger partial charge in [-0.05, 0) is 16.9 Å². The molecule has 21 heavy (non-hydrogen) atoms. The highest BCUT2D eigenvalue weighted by atomic mass is 19.1. The van der Waals surface area contributed by atoms with Gasteiger partial charge in [-0.25, -0.2) is 9.18 Å². The number of nitro groups is 1. The number of nitrogens with zero attached hydrogens (tertiary/aromatic N) is 1. The molecule has 7 heteroatoms. The monoisotopic (exact) mass is 296 g/mol. The zero-order chi connectivity index (χ0) is 16.2. The highest BCUT2D eigenvalue weighted by Gasteiger charge is 2.65. The molecule has 1 aliphatic carbocycles. The second-order valence-electron chi connectivity index (χ2n) is 6.43. The van der Waals surface area contributed by atoms with Gasteiger partial charge in [-0.1, -0.05) is 27.7 Å². The first-order valence-electron chi connectivity index (χ1n) is 6.48. The van der Waals surface area contributed by atoms with E-state index in [1.165, 1.54) is 0 Å². The first-order chi connectivity index (χ1) is 9.50. The lowest BCUT2D eigenvalue weighted by Crippen LogP contribution is -2.13. The van der Waals surface area contributed by atoms with Gasteiger partial charge in [-0.3, -0.25) is 10.1 Å². The molecule has 2 rings (SSSR count). The van der Waals surface area contributed by atoms with Gasteiger partial charge in [-0.2, -0.15) is 0 Å². The molecule has 0 bridgehead atoms. The van der Waals surface area contributed by atoms with Crippen LogP contribution in [0.3, 0.4) is 0 Å². The Morgan fingerprint density at radius 3 is 2.24 bits per heavy atom. The SMILES string of the molecule is CC1(C)C(Nc2cc(C(=O)O)c(F)cc2[N+](=O)[O-])C1(C)C. The van der Waals surface area contributed by atoms with Crippen molar-refractivity contribution in [2.24, 2.45) is 10.8 Å². The van der Waals surface area contributed by atoms with Crippen LogP contribution in [-0.2, 0) is 0 Å². The molecule has 0 aliphatic heterocycles. The number of carboxylic acids is 1. The summed E-state index contributed by atoms with van der Waals surface area (Å²) in [4.78, 5) is 21.3. The van der Waals surface area contributed by atoms with E-state index in [1.54, 1.807) is 0 Å². The largest absolute Gasteiger partial charge is 0.478 e. The maximum absolute atomic E-state index is 13.6. The van der Waals surface area contributed by atoms with Crippen LogP contribution >= 0.6 is 0 Å². The maximum Gasteiger partial charge on any atom is 0.338 e. The number of carboxylic acid groups (broad SMARTS) is 1. The third-order valence-corrected chi connectivity index (χ3v) is 4.83. The van der Waals surface area contributed by atoms with Gasteiger partial charge in [0.2, 0.25) is 0 Å². The Bertz CT molecular complexity index is 626. The molecular weight excluding hydrogens is 279 g/mol. The number of hydrogen-bond acceptors (Lipinski definition) is 4.